The second-order valence-corrected chi connectivity index (χ2v) is 8.35. The molecule has 2 amide bonds. The summed E-state index contributed by atoms with van der Waals surface area (Å²) >= 11 is 0. The van der Waals surface area contributed by atoms with Crippen LogP contribution in [0.3, 0.4) is 0 Å². The van der Waals surface area contributed by atoms with Crippen molar-refractivity contribution in [3.05, 3.63) is 65.2 Å². The van der Waals surface area contributed by atoms with Gasteiger partial charge < -0.3 is 15.2 Å². The highest BCUT2D eigenvalue weighted by Gasteiger charge is 2.24. The van der Waals surface area contributed by atoms with Crippen molar-refractivity contribution in [3.63, 3.8) is 0 Å². The van der Waals surface area contributed by atoms with Crippen LogP contribution in [0.1, 0.15) is 40.3 Å². The molecule has 2 N–H and O–H groups in total. The number of carbonyl (C=O) groups excluding carboxylic acids is 2. The van der Waals surface area contributed by atoms with Crippen LogP contribution in [0.2, 0.25) is 0 Å². The summed E-state index contributed by atoms with van der Waals surface area (Å²) in [5.74, 6) is 1.52. The van der Waals surface area contributed by atoms with Crippen LogP contribution in [0.4, 0.5) is 10.5 Å². The minimum Gasteiger partial charge on any atom is -0.360 e. The molecule has 3 aromatic rings. The van der Waals surface area contributed by atoms with Gasteiger partial charge in [0, 0.05) is 47.8 Å². The third kappa shape index (κ3) is 4.91. The molecular weight excluding hydrogens is 406 g/mol. The van der Waals surface area contributed by atoms with Gasteiger partial charge in [-0.05, 0) is 51.8 Å². The zero-order valence-electron chi connectivity index (χ0n) is 18.7. The number of likely N-dealkylation sites (tertiary alicyclic amines) is 1. The minimum absolute atomic E-state index is 0.0952. The summed E-state index contributed by atoms with van der Waals surface area (Å²) in [7, 11) is 0. The Hall–Kier alpha value is -3.39. The lowest BCUT2D eigenvalue weighted by atomic mass is 10.0. The third-order valence-corrected chi connectivity index (χ3v) is 5.90. The summed E-state index contributed by atoms with van der Waals surface area (Å²) in [4.78, 5) is 27.4. The number of amides is 2. The number of hydrogen-bond donors (Lipinski definition) is 2. The van der Waals surface area contributed by atoms with Crippen molar-refractivity contribution in [3.8, 4) is 5.82 Å². The lowest BCUT2D eigenvalue weighted by Crippen LogP contribution is -2.47. The van der Waals surface area contributed by atoms with Crippen LogP contribution in [0.15, 0.2) is 47.0 Å². The van der Waals surface area contributed by atoms with Gasteiger partial charge in [-0.2, -0.15) is 0 Å². The summed E-state index contributed by atoms with van der Waals surface area (Å²) in [6.07, 6.45) is 1.62. The summed E-state index contributed by atoms with van der Waals surface area (Å²) in [5, 5.41) is 9.96. The number of carbonyl (C=O) groups is 2. The average molecular weight is 436 g/mol. The molecule has 8 nitrogen and oxygen atoms in total. The molecule has 1 aliphatic rings. The van der Waals surface area contributed by atoms with E-state index in [4.69, 9.17) is 4.52 Å². The molecule has 0 spiro atoms. The van der Waals surface area contributed by atoms with Crippen molar-refractivity contribution >= 4 is 17.5 Å². The lowest BCUT2D eigenvalue weighted by Gasteiger charge is -2.31. The molecule has 168 valence electrons. The van der Waals surface area contributed by atoms with Crippen LogP contribution >= 0.6 is 0 Å². The zero-order chi connectivity index (χ0) is 22.7. The fourth-order valence-electron chi connectivity index (χ4n) is 4.25. The molecule has 0 bridgehead atoms. The Labute approximate surface area is 187 Å². The number of benzene rings is 1. The van der Waals surface area contributed by atoms with Gasteiger partial charge >= 0.3 is 6.03 Å². The van der Waals surface area contributed by atoms with Gasteiger partial charge in [-0.1, -0.05) is 23.4 Å². The molecule has 1 aliphatic heterocycles. The van der Waals surface area contributed by atoms with Crippen LogP contribution < -0.4 is 10.6 Å². The largest absolute Gasteiger partial charge is 0.360 e. The number of ketones is 1. The Balaban J connectivity index is 1.30. The number of hydrogen-bond acceptors (Lipinski definition) is 5. The third-order valence-electron chi connectivity index (χ3n) is 5.90. The van der Waals surface area contributed by atoms with E-state index in [1.54, 1.807) is 0 Å². The fourth-order valence-corrected chi connectivity index (χ4v) is 4.25. The van der Waals surface area contributed by atoms with Crippen LogP contribution in [-0.4, -0.2) is 52.1 Å². The van der Waals surface area contributed by atoms with E-state index in [1.807, 2.05) is 67.8 Å². The first-order valence-electron chi connectivity index (χ1n) is 10.9. The number of urea groups is 1. The highest BCUT2D eigenvalue weighted by Crippen LogP contribution is 2.22. The Morgan fingerprint density at radius 1 is 1.09 bits per heavy atom. The molecule has 4 rings (SSSR count). The molecular formula is C24H29N5O3. The molecule has 0 radical (unpaired) electrons. The average Bonchev–Trinajstić information content (AvgIpc) is 3.32. The van der Waals surface area contributed by atoms with E-state index < -0.39 is 0 Å². The monoisotopic (exact) mass is 435 g/mol. The van der Waals surface area contributed by atoms with E-state index in [-0.39, 0.29) is 17.9 Å². The first kappa shape index (κ1) is 21.8. The molecule has 0 atom stereocenters. The van der Waals surface area contributed by atoms with Gasteiger partial charge in [0.15, 0.2) is 11.6 Å². The van der Waals surface area contributed by atoms with Crippen molar-refractivity contribution < 1.29 is 14.1 Å². The number of nitrogens with one attached hydrogen (secondary N) is 2. The Kier molecular flexibility index (Phi) is 6.41. The molecule has 0 aliphatic carbocycles. The highest BCUT2D eigenvalue weighted by molar-refractivity contribution is 5.99. The van der Waals surface area contributed by atoms with E-state index >= 15 is 0 Å². The number of nitrogens with zero attached hydrogens (tertiary/aromatic N) is 3. The molecule has 32 heavy (non-hydrogen) atoms. The topological polar surface area (TPSA) is 92.4 Å². The molecule has 1 saturated heterocycles. The Morgan fingerprint density at radius 2 is 1.81 bits per heavy atom. The van der Waals surface area contributed by atoms with Crippen LogP contribution in [0, 0.1) is 20.8 Å². The maximum atomic E-state index is 13.0. The van der Waals surface area contributed by atoms with Gasteiger partial charge in [-0.3, -0.25) is 14.3 Å². The fraction of sp³-hybridized carbons (Fsp3) is 0.375. The van der Waals surface area contributed by atoms with Crippen molar-refractivity contribution in [2.24, 2.45) is 0 Å². The van der Waals surface area contributed by atoms with Crippen molar-refractivity contribution in [1.29, 1.82) is 0 Å². The van der Waals surface area contributed by atoms with Crippen LogP contribution in [0.25, 0.3) is 5.82 Å². The summed E-state index contributed by atoms with van der Waals surface area (Å²) < 4.78 is 7.14. The van der Waals surface area contributed by atoms with Gasteiger partial charge in [0.25, 0.3) is 0 Å². The van der Waals surface area contributed by atoms with Crippen molar-refractivity contribution in [2.75, 3.05) is 25.0 Å². The molecule has 2 aromatic heterocycles. The second kappa shape index (κ2) is 9.40. The zero-order valence-corrected chi connectivity index (χ0v) is 18.7. The van der Waals surface area contributed by atoms with E-state index in [9.17, 15) is 9.59 Å². The van der Waals surface area contributed by atoms with Gasteiger partial charge in [0.05, 0.1) is 6.54 Å². The van der Waals surface area contributed by atoms with Crippen LogP contribution in [-0.2, 0) is 0 Å². The van der Waals surface area contributed by atoms with Crippen molar-refractivity contribution in [2.45, 2.75) is 39.7 Å². The molecule has 8 heteroatoms. The van der Waals surface area contributed by atoms with E-state index in [1.165, 1.54) is 0 Å². The predicted octanol–water partition coefficient (Wildman–Crippen LogP) is 3.86. The van der Waals surface area contributed by atoms with Crippen LogP contribution in [0.5, 0.6) is 0 Å². The molecule has 1 fully saturated rings. The summed E-state index contributed by atoms with van der Waals surface area (Å²) in [6.45, 7) is 7.65. The lowest BCUT2D eigenvalue weighted by molar-refractivity contribution is 0.0905. The van der Waals surface area contributed by atoms with Gasteiger partial charge in [-0.15, -0.1) is 0 Å². The molecule has 0 saturated carbocycles. The second-order valence-electron chi connectivity index (χ2n) is 8.35. The highest BCUT2D eigenvalue weighted by atomic mass is 16.5. The number of anilines is 1. The molecule has 1 aromatic carbocycles. The van der Waals surface area contributed by atoms with Crippen molar-refractivity contribution in [1.82, 2.24) is 19.9 Å². The standard InChI is InChI=1S/C24H29N5O3/c1-16-13-21(18(3)29(16)23-14-17(2)32-27-23)22(30)15-28-11-9-20(10-12-28)26-24(31)25-19-7-5-4-6-8-19/h4-8,13-14,20H,9-12,15H2,1-3H3,(H2,25,26,31). The van der Waals surface area contributed by atoms with Gasteiger partial charge in [0.1, 0.15) is 5.76 Å². The predicted molar refractivity (Wildman–Crippen MR) is 122 cm³/mol. The minimum atomic E-state index is -0.193. The Bertz CT molecular complexity index is 1090. The quantitative estimate of drug-likeness (QED) is 0.574. The number of aryl methyl sites for hydroxylation is 2. The van der Waals surface area contributed by atoms with Gasteiger partial charge in [0.2, 0.25) is 0 Å². The van der Waals surface area contributed by atoms with E-state index in [2.05, 4.69) is 20.7 Å². The van der Waals surface area contributed by atoms with Gasteiger partial charge in [-0.25, -0.2) is 4.79 Å². The molecule has 0 unspecified atom stereocenters. The number of piperidine rings is 1. The maximum Gasteiger partial charge on any atom is 0.319 e. The van der Waals surface area contributed by atoms with E-state index in [0.717, 1.165) is 48.8 Å². The Morgan fingerprint density at radius 3 is 2.47 bits per heavy atom. The summed E-state index contributed by atoms with van der Waals surface area (Å²) in [5.41, 5.74) is 3.30. The first-order valence-corrected chi connectivity index (χ1v) is 10.9. The number of para-hydroxylation sites is 1. The summed E-state index contributed by atoms with van der Waals surface area (Å²) in [6, 6.07) is 13.1. The maximum absolute atomic E-state index is 13.0. The number of rotatable bonds is 6. The molecule has 3 heterocycles. The number of Topliss-reactive ketones (excluding diaryl/α,β-unsaturated/α-hetero) is 1. The normalized spacial score (nSPS) is 15.0. The number of aromatic nitrogens is 2. The smallest absolute Gasteiger partial charge is 0.319 e. The SMILES string of the molecule is Cc1cc(-n2c(C)cc(C(=O)CN3CCC(NC(=O)Nc4ccccc4)CC3)c2C)no1. The van der Waals surface area contributed by atoms with E-state index in [0.29, 0.717) is 17.9 Å². The first-order chi connectivity index (χ1) is 15.4.